The molecule has 1 fully saturated rings. The molecule has 0 spiro atoms. The summed E-state index contributed by atoms with van der Waals surface area (Å²) in [5.74, 6) is 0. The molecule has 0 bridgehead atoms. The molecule has 1 aliphatic heterocycles. The minimum Gasteiger partial charge on any atom is -0.372 e. The van der Waals surface area contributed by atoms with Crippen molar-refractivity contribution in [1.29, 1.82) is 0 Å². The Bertz CT molecular complexity index is 347. The Morgan fingerprint density at radius 1 is 1.47 bits per heavy atom. The summed E-state index contributed by atoms with van der Waals surface area (Å²) in [6.07, 6.45) is -0.347. The molecule has 1 heterocycles. The van der Waals surface area contributed by atoms with Crippen molar-refractivity contribution in [3.05, 3.63) is 34.9 Å². The first-order chi connectivity index (χ1) is 8.15. The Kier molecular flexibility index (Phi) is 4.37. The van der Waals surface area contributed by atoms with Crippen LogP contribution in [0.15, 0.2) is 24.3 Å². The van der Waals surface area contributed by atoms with Crippen molar-refractivity contribution in [2.45, 2.75) is 31.7 Å². The molecule has 0 aromatic heterocycles. The maximum absolute atomic E-state index is 13.0. The largest absolute Gasteiger partial charge is 0.372 e. The van der Waals surface area contributed by atoms with E-state index in [1.807, 2.05) is 24.3 Å². The monoisotopic (exact) mass is 257 g/mol. The summed E-state index contributed by atoms with van der Waals surface area (Å²) in [6.45, 7) is 2.67. The third-order valence-corrected chi connectivity index (χ3v) is 3.28. The zero-order valence-corrected chi connectivity index (χ0v) is 10.6. The van der Waals surface area contributed by atoms with Gasteiger partial charge >= 0.3 is 0 Å². The van der Waals surface area contributed by atoms with Crippen molar-refractivity contribution in [2.24, 2.45) is 0 Å². The van der Waals surface area contributed by atoms with Crippen LogP contribution < -0.4 is 5.32 Å². The average Bonchev–Trinajstić information content (AvgIpc) is 2.33. The first-order valence-electron chi connectivity index (χ1n) is 5.88. The van der Waals surface area contributed by atoms with Crippen LogP contribution in [0.5, 0.6) is 0 Å². The van der Waals surface area contributed by atoms with Crippen molar-refractivity contribution >= 4 is 11.6 Å². The molecule has 3 atom stereocenters. The van der Waals surface area contributed by atoms with Gasteiger partial charge in [0.2, 0.25) is 0 Å². The van der Waals surface area contributed by atoms with Gasteiger partial charge < -0.3 is 10.1 Å². The molecule has 17 heavy (non-hydrogen) atoms. The molecular formula is C13H17ClFNO. The molecule has 1 aromatic carbocycles. The number of halogens is 2. The van der Waals surface area contributed by atoms with Gasteiger partial charge in [0.25, 0.3) is 0 Å². The molecular weight excluding hydrogens is 241 g/mol. The van der Waals surface area contributed by atoms with Gasteiger partial charge in [0.15, 0.2) is 0 Å². The van der Waals surface area contributed by atoms with Gasteiger partial charge in [-0.25, -0.2) is 4.39 Å². The Hall–Kier alpha value is -0.640. The first kappa shape index (κ1) is 12.8. The molecule has 0 saturated carbocycles. The maximum Gasteiger partial charge on any atom is 0.125 e. The standard InChI is InChI=1S/C13H17ClFNO/c1-9(15)13-7-16-12(8-17-13)6-10-2-4-11(14)5-3-10/h2-5,9,12-13,16H,6-8H2,1H3/t9-,12+,13-/m1/s1. The van der Waals surface area contributed by atoms with Crippen LogP contribution in [0.3, 0.4) is 0 Å². The SMILES string of the molecule is C[C@@H](F)[C@H]1CN[C@@H](Cc2ccc(Cl)cc2)CO1. The number of alkyl halides is 1. The fourth-order valence-electron chi connectivity index (χ4n) is 1.97. The van der Waals surface area contributed by atoms with E-state index in [1.54, 1.807) is 0 Å². The maximum atomic E-state index is 13.0. The van der Waals surface area contributed by atoms with E-state index in [9.17, 15) is 4.39 Å². The number of ether oxygens (including phenoxy) is 1. The van der Waals surface area contributed by atoms with E-state index in [4.69, 9.17) is 16.3 Å². The minimum atomic E-state index is -0.918. The van der Waals surface area contributed by atoms with Crippen LogP contribution in [-0.2, 0) is 11.2 Å². The van der Waals surface area contributed by atoms with Crippen LogP contribution in [0, 0.1) is 0 Å². The topological polar surface area (TPSA) is 21.3 Å². The van der Waals surface area contributed by atoms with Gasteiger partial charge in [-0.05, 0) is 31.0 Å². The van der Waals surface area contributed by atoms with Gasteiger partial charge in [-0.3, -0.25) is 0 Å². The van der Waals surface area contributed by atoms with Gasteiger partial charge in [-0.15, -0.1) is 0 Å². The van der Waals surface area contributed by atoms with Crippen LogP contribution in [0.2, 0.25) is 5.02 Å². The Morgan fingerprint density at radius 2 is 2.18 bits per heavy atom. The quantitative estimate of drug-likeness (QED) is 0.899. The van der Waals surface area contributed by atoms with Crippen LogP contribution >= 0.6 is 11.6 Å². The predicted molar refractivity (Wildman–Crippen MR) is 67.3 cm³/mol. The van der Waals surface area contributed by atoms with E-state index in [0.29, 0.717) is 13.2 Å². The lowest BCUT2D eigenvalue weighted by atomic mass is 10.0. The van der Waals surface area contributed by atoms with E-state index in [1.165, 1.54) is 12.5 Å². The van der Waals surface area contributed by atoms with Gasteiger partial charge in [-0.1, -0.05) is 23.7 Å². The van der Waals surface area contributed by atoms with Crippen LogP contribution in [-0.4, -0.2) is 31.5 Å². The molecule has 4 heteroatoms. The van der Waals surface area contributed by atoms with Crippen LogP contribution in [0.4, 0.5) is 4.39 Å². The summed E-state index contributed by atoms with van der Waals surface area (Å²) >= 11 is 5.83. The summed E-state index contributed by atoms with van der Waals surface area (Å²) < 4.78 is 18.5. The highest BCUT2D eigenvalue weighted by molar-refractivity contribution is 6.30. The van der Waals surface area contributed by atoms with Gasteiger partial charge in [0.1, 0.15) is 12.3 Å². The van der Waals surface area contributed by atoms with E-state index in [0.717, 1.165) is 11.4 Å². The summed E-state index contributed by atoms with van der Waals surface area (Å²) in [6, 6.07) is 8.04. The smallest absolute Gasteiger partial charge is 0.125 e. The molecule has 2 rings (SSSR count). The second-order valence-electron chi connectivity index (χ2n) is 4.49. The average molecular weight is 258 g/mol. The summed E-state index contributed by atoms with van der Waals surface area (Å²) in [4.78, 5) is 0. The lowest BCUT2D eigenvalue weighted by Gasteiger charge is -2.31. The molecule has 1 aromatic rings. The fourth-order valence-corrected chi connectivity index (χ4v) is 2.10. The second-order valence-corrected chi connectivity index (χ2v) is 4.92. The lowest BCUT2D eigenvalue weighted by molar-refractivity contribution is -0.0340. The summed E-state index contributed by atoms with van der Waals surface area (Å²) in [5.41, 5.74) is 1.21. The molecule has 0 aliphatic carbocycles. The van der Waals surface area contributed by atoms with Crippen molar-refractivity contribution in [1.82, 2.24) is 5.32 Å². The second kappa shape index (κ2) is 5.80. The highest BCUT2D eigenvalue weighted by Gasteiger charge is 2.25. The van der Waals surface area contributed by atoms with E-state index >= 15 is 0 Å². The van der Waals surface area contributed by atoms with Gasteiger partial charge in [0.05, 0.1) is 6.61 Å². The Balaban J connectivity index is 1.84. The van der Waals surface area contributed by atoms with E-state index in [-0.39, 0.29) is 12.1 Å². The molecule has 1 aliphatic rings. The summed E-state index contributed by atoms with van der Waals surface area (Å²) in [7, 11) is 0. The van der Waals surface area contributed by atoms with Gasteiger partial charge in [-0.2, -0.15) is 0 Å². The van der Waals surface area contributed by atoms with Crippen LogP contribution in [0.1, 0.15) is 12.5 Å². The molecule has 1 saturated heterocycles. The van der Waals surface area contributed by atoms with Crippen LogP contribution in [0.25, 0.3) is 0 Å². The zero-order chi connectivity index (χ0) is 12.3. The Labute approximate surface area is 106 Å². The molecule has 94 valence electrons. The van der Waals surface area contributed by atoms with Crippen molar-refractivity contribution in [2.75, 3.05) is 13.2 Å². The fraction of sp³-hybridized carbons (Fsp3) is 0.538. The minimum absolute atomic E-state index is 0.256. The highest BCUT2D eigenvalue weighted by Crippen LogP contribution is 2.14. The molecule has 0 radical (unpaired) electrons. The van der Waals surface area contributed by atoms with Crippen molar-refractivity contribution in [3.63, 3.8) is 0 Å². The number of hydrogen-bond acceptors (Lipinski definition) is 2. The molecule has 0 unspecified atom stereocenters. The number of morpholine rings is 1. The molecule has 1 N–H and O–H groups in total. The molecule has 2 nitrogen and oxygen atoms in total. The van der Waals surface area contributed by atoms with Gasteiger partial charge in [0, 0.05) is 17.6 Å². The highest BCUT2D eigenvalue weighted by atomic mass is 35.5. The van der Waals surface area contributed by atoms with Crippen molar-refractivity contribution < 1.29 is 9.13 Å². The lowest BCUT2D eigenvalue weighted by Crippen LogP contribution is -2.50. The number of benzene rings is 1. The number of hydrogen-bond donors (Lipinski definition) is 1. The Morgan fingerprint density at radius 3 is 2.71 bits per heavy atom. The predicted octanol–water partition coefficient (Wildman–Crippen LogP) is 2.60. The first-order valence-corrected chi connectivity index (χ1v) is 6.26. The van der Waals surface area contributed by atoms with Crippen molar-refractivity contribution in [3.8, 4) is 0 Å². The third kappa shape index (κ3) is 3.66. The third-order valence-electron chi connectivity index (χ3n) is 3.03. The van der Waals surface area contributed by atoms with E-state index in [2.05, 4.69) is 5.32 Å². The van der Waals surface area contributed by atoms with E-state index < -0.39 is 6.17 Å². The zero-order valence-electron chi connectivity index (χ0n) is 9.83. The normalized spacial score (nSPS) is 26.8. The molecule has 0 amide bonds. The number of nitrogens with one attached hydrogen (secondary N) is 1. The summed E-state index contributed by atoms with van der Waals surface area (Å²) in [5, 5.41) is 4.06. The number of rotatable bonds is 3.